The average molecular weight is 529 g/mol. The third-order valence-corrected chi connectivity index (χ3v) is 7.10. The maximum atomic E-state index is 13.6. The molecule has 1 atom stereocenters. The Morgan fingerprint density at radius 1 is 1.06 bits per heavy atom. The Morgan fingerprint density at radius 3 is 2.21 bits per heavy atom. The lowest BCUT2D eigenvalue weighted by atomic mass is 10.1. The Bertz CT molecular complexity index is 1120. The highest BCUT2D eigenvalue weighted by Gasteiger charge is 2.32. The van der Waals surface area contributed by atoms with Crippen LogP contribution in [-0.2, 0) is 26.2 Å². The Balaban J connectivity index is 2.48. The van der Waals surface area contributed by atoms with Gasteiger partial charge in [-0.15, -0.1) is 0 Å². The van der Waals surface area contributed by atoms with E-state index in [0.29, 0.717) is 6.42 Å². The minimum absolute atomic E-state index is 0.0251. The third-order valence-electron chi connectivity index (χ3n) is 5.17. The minimum atomic E-state index is -3.89. The van der Waals surface area contributed by atoms with Crippen molar-refractivity contribution in [2.75, 3.05) is 17.1 Å². The van der Waals surface area contributed by atoms with Crippen molar-refractivity contribution in [2.24, 2.45) is 0 Å². The van der Waals surface area contributed by atoms with Gasteiger partial charge in [-0.25, -0.2) is 8.42 Å². The predicted molar refractivity (Wildman–Crippen MR) is 138 cm³/mol. The Labute approximate surface area is 212 Å². The molecule has 7 nitrogen and oxygen atoms in total. The van der Waals surface area contributed by atoms with Crippen LogP contribution in [0.15, 0.2) is 42.5 Å². The number of amides is 2. The number of aryl methyl sites for hydroxylation is 1. The van der Waals surface area contributed by atoms with E-state index in [1.807, 2.05) is 52.0 Å². The van der Waals surface area contributed by atoms with Crippen LogP contribution in [0, 0.1) is 6.92 Å². The highest BCUT2D eigenvalue weighted by molar-refractivity contribution is 7.92. The molecule has 0 spiro atoms. The highest BCUT2D eigenvalue weighted by atomic mass is 35.5. The summed E-state index contributed by atoms with van der Waals surface area (Å²) < 4.78 is 26.2. The molecule has 0 bridgehead atoms. The SMILES string of the molecule is CC[C@@H](C(=O)NC(C)C)N(Cc1ccc(C)cc1)C(=O)CN(c1cccc(Cl)c1Cl)S(C)(=O)=O. The van der Waals surface area contributed by atoms with Gasteiger partial charge in [-0.3, -0.25) is 13.9 Å². The first kappa shape index (κ1) is 28.0. The van der Waals surface area contributed by atoms with Crippen LogP contribution in [0.5, 0.6) is 0 Å². The first-order valence-corrected chi connectivity index (χ1v) is 13.5. The smallest absolute Gasteiger partial charge is 0.244 e. The summed E-state index contributed by atoms with van der Waals surface area (Å²) in [5.74, 6) is -0.836. The number of halogens is 2. The maximum absolute atomic E-state index is 13.6. The molecule has 2 aromatic rings. The lowest BCUT2D eigenvalue weighted by Gasteiger charge is -2.33. The van der Waals surface area contributed by atoms with Crippen LogP contribution in [0.3, 0.4) is 0 Å². The van der Waals surface area contributed by atoms with Crippen molar-refractivity contribution < 1.29 is 18.0 Å². The van der Waals surface area contributed by atoms with E-state index in [2.05, 4.69) is 5.32 Å². The number of hydrogen-bond acceptors (Lipinski definition) is 4. The third kappa shape index (κ3) is 7.35. The fourth-order valence-electron chi connectivity index (χ4n) is 3.47. The summed E-state index contributed by atoms with van der Waals surface area (Å²) in [4.78, 5) is 28.0. The topological polar surface area (TPSA) is 86.8 Å². The normalized spacial score (nSPS) is 12.4. The summed E-state index contributed by atoms with van der Waals surface area (Å²) >= 11 is 12.4. The molecule has 0 fully saturated rings. The van der Waals surface area contributed by atoms with Crippen LogP contribution in [-0.4, -0.2) is 50.0 Å². The second-order valence-corrected chi connectivity index (χ2v) is 11.1. The Kier molecular flexibility index (Phi) is 9.79. The van der Waals surface area contributed by atoms with Gasteiger partial charge in [0.1, 0.15) is 12.6 Å². The first-order chi connectivity index (χ1) is 15.8. The second-order valence-electron chi connectivity index (χ2n) is 8.44. The lowest BCUT2D eigenvalue weighted by molar-refractivity contribution is -0.140. The average Bonchev–Trinajstić information content (AvgIpc) is 2.74. The number of carbonyl (C=O) groups excluding carboxylic acids is 2. The van der Waals surface area contributed by atoms with Gasteiger partial charge in [-0.2, -0.15) is 0 Å². The summed E-state index contributed by atoms with van der Waals surface area (Å²) in [6, 6.07) is 11.3. The number of rotatable bonds is 10. The second kappa shape index (κ2) is 11.9. The molecule has 2 rings (SSSR count). The zero-order chi connectivity index (χ0) is 25.6. The zero-order valence-electron chi connectivity index (χ0n) is 20.0. The Hall–Kier alpha value is -2.29. The van der Waals surface area contributed by atoms with E-state index in [-0.39, 0.29) is 34.2 Å². The van der Waals surface area contributed by atoms with Gasteiger partial charge in [0.15, 0.2) is 0 Å². The highest BCUT2D eigenvalue weighted by Crippen LogP contribution is 2.33. The van der Waals surface area contributed by atoms with E-state index >= 15 is 0 Å². The number of hydrogen-bond donors (Lipinski definition) is 1. The van der Waals surface area contributed by atoms with Crippen molar-refractivity contribution in [3.05, 3.63) is 63.6 Å². The molecule has 2 aromatic carbocycles. The minimum Gasteiger partial charge on any atom is -0.352 e. The molecule has 34 heavy (non-hydrogen) atoms. The fourth-order valence-corrected chi connectivity index (χ4v) is 4.77. The van der Waals surface area contributed by atoms with E-state index in [0.717, 1.165) is 21.7 Å². The predicted octanol–water partition coefficient (Wildman–Crippen LogP) is 4.40. The number of sulfonamides is 1. The molecule has 0 radical (unpaired) electrons. The van der Waals surface area contributed by atoms with Crippen LogP contribution in [0.25, 0.3) is 0 Å². The molecular weight excluding hydrogens is 497 g/mol. The number of benzene rings is 2. The number of nitrogens with one attached hydrogen (secondary N) is 1. The van der Waals surface area contributed by atoms with Gasteiger partial charge in [-0.05, 0) is 44.9 Å². The van der Waals surface area contributed by atoms with Gasteiger partial charge in [0.2, 0.25) is 21.8 Å². The van der Waals surface area contributed by atoms with Crippen molar-refractivity contribution in [1.29, 1.82) is 0 Å². The van der Waals surface area contributed by atoms with Gasteiger partial charge in [-0.1, -0.05) is 66.0 Å². The molecule has 0 heterocycles. The van der Waals surface area contributed by atoms with Crippen molar-refractivity contribution >= 4 is 50.7 Å². The van der Waals surface area contributed by atoms with Gasteiger partial charge in [0, 0.05) is 12.6 Å². The van der Waals surface area contributed by atoms with Gasteiger partial charge in [0.05, 0.1) is 22.0 Å². The van der Waals surface area contributed by atoms with E-state index in [1.54, 1.807) is 6.07 Å². The molecule has 10 heteroatoms. The van der Waals surface area contributed by atoms with Crippen molar-refractivity contribution in [3.63, 3.8) is 0 Å². The first-order valence-electron chi connectivity index (χ1n) is 10.9. The van der Waals surface area contributed by atoms with Gasteiger partial charge < -0.3 is 10.2 Å². The summed E-state index contributed by atoms with van der Waals surface area (Å²) in [6.07, 6.45) is 1.34. The van der Waals surface area contributed by atoms with Crippen molar-refractivity contribution in [3.8, 4) is 0 Å². The number of carbonyl (C=O) groups is 2. The molecule has 0 unspecified atom stereocenters. The van der Waals surface area contributed by atoms with E-state index in [1.165, 1.54) is 17.0 Å². The summed E-state index contributed by atoms with van der Waals surface area (Å²) in [5, 5.41) is 3.04. The van der Waals surface area contributed by atoms with Crippen LogP contribution < -0.4 is 9.62 Å². The molecule has 0 saturated carbocycles. The van der Waals surface area contributed by atoms with Gasteiger partial charge in [0.25, 0.3) is 0 Å². The van der Waals surface area contributed by atoms with E-state index < -0.39 is 28.5 Å². The lowest BCUT2D eigenvalue weighted by Crippen LogP contribution is -2.53. The molecule has 0 aromatic heterocycles. The molecule has 1 N–H and O–H groups in total. The number of anilines is 1. The van der Waals surface area contributed by atoms with Crippen LogP contribution in [0.4, 0.5) is 5.69 Å². The maximum Gasteiger partial charge on any atom is 0.244 e. The fraction of sp³-hybridized carbons (Fsp3) is 0.417. The number of nitrogens with zero attached hydrogens (tertiary/aromatic N) is 2. The molecule has 186 valence electrons. The van der Waals surface area contributed by atoms with Crippen LogP contribution >= 0.6 is 23.2 Å². The van der Waals surface area contributed by atoms with Crippen molar-refractivity contribution in [1.82, 2.24) is 10.2 Å². The standard InChI is InChI=1S/C24H31Cl2N3O4S/c1-6-20(24(31)27-16(2)3)28(14-18-12-10-17(4)11-13-18)22(30)15-29(34(5,32)33)21-9-7-8-19(25)23(21)26/h7-13,16,20H,6,14-15H2,1-5H3,(H,27,31)/t20-/m0/s1. The summed E-state index contributed by atoms with van der Waals surface area (Å²) in [5.41, 5.74) is 1.98. The van der Waals surface area contributed by atoms with Crippen LogP contribution in [0.2, 0.25) is 10.0 Å². The largest absolute Gasteiger partial charge is 0.352 e. The molecule has 2 amide bonds. The molecule has 0 aliphatic heterocycles. The quantitative estimate of drug-likeness (QED) is 0.495. The van der Waals surface area contributed by atoms with E-state index in [4.69, 9.17) is 23.2 Å². The Morgan fingerprint density at radius 2 is 1.68 bits per heavy atom. The molecule has 0 aliphatic rings. The monoisotopic (exact) mass is 527 g/mol. The molecular formula is C24H31Cl2N3O4S. The van der Waals surface area contributed by atoms with Gasteiger partial charge >= 0.3 is 0 Å². The van der Waals surface area contributed by atoms with Crippen LogP contribution in [0.1, 0.15) is 38.3 Å². The van der Waals surface area contributed by atoms with Crippen molar-refractivity contribution in [2.45, 2.75) is 52.7 Å². The van der Waals surface area contributed by atoms with E-state index in [9.17, 15) is 18.0 Å². The zero-order valence-corrected chi connectivity index (χ0v) is 22.3. The summed E-state index contributed by atoms with van der Waals surface area (Å²) in [6.45, 7) is 7.05. The molecule has 0 saturated heterocycles. The molecule has 0 aliphatic carbocycles. The summed E-state index contributed by atoms with van der Waals surface area (Å²) in [7, 11) is -3.89.